The van der Waals surface area contributed by atoms with E-state index in [1.54, 1.807) is 0 Å². The van der Waals surface area contributed by atoms with Crippen molar-refractivity contribution in [2.24, 2.45) is 5.92 Å². The van der Waals surface area contributed by atoms with E-state index >= 15 is 0 Å². The monoisotopic (exact) mass is 296 g/mol. The van der Waals surface area contributed by atoms with E-state index in [4.69, 9.17) is 14.2 Å². The van der Waals surface area contributed by atoms with Crippen LogP contribution in [0.1, 0.15) is 71.6 Å². The molecule has 0 aliphatic carbocycles. The van der Waals surface area contributed by atoms with Gasteiger partial charge in [0.2, 0.25) is 0 Å². The maximum atomic E-state index is 5.78. The van der Waals surface area contributed by atoms with Crippen LogP contribution in [0.2, 0.25) is 0 Å². The Balaban J connectivity index is 1.11. The number of rotatable bonds is 12. The topological polar surface area (TPSA) is 37.6 Å². The summed E-state index contributed by atoms with van der Waals surface area (Å²) in [6.07, 6.45) is 14.3. The first kappa shape index (κ1) is 15.8. The van der Waals surface area contributed by atoms with Crippen LogP contribution in [0.15, 0.2) is 0 Å². The van der Waals surface area contributed by atoms with Crippen LogP contribution in [-0.2, 0) is 14.2 Å². The maximum Gasteiger partial charge on any atom is 0.0868 e. The zero-order chi connectivity index (χ0) is 14.7. The highest BCUT2D eigenvalue weighted by Crippen LogP contribution is 2.40. The molecule has 0 N–H and O–H groups in total. The summed E-state index contributed by atoms with van der Waals surface area (Å²) >= 11 is 0. The van der Waals surface area contributed by atoms with Gasteiger partial charge in [0, 0.05) is 12.8 Å². The molecule has 3 heterocycles. The lowest BCUT2D eigenvalue weighted by Gasteiger charge is -2.03. The van der Waals surface area contributed by atoms with Gasteiger partial charge in [-0.3, -0.25) is 0 Å². The van der Waals surface area contributed by atoms with Crippen molar-refractivity contribution in [2.45, 2.75) is 102 Å². The largest absolute Gasteiger partial charge is 0.373 e. The molecule has 0 aromatic rings. The fourth-order valence-corrected chi connectivity index (χ4v) is 3.35. The third kappa shape index (κ3) is 5.88. The molecule has 3 heteroatoms. The van der Waals surface area contributed by atoms with Crippen molar-refractivity contribution in [3.63, 3.8) is 0 Å². The quantitative estimate of drug-likeness (QED) is 0.402. The average Bonchev–Trinajstić information content (AvgIpc) is 3.28. The number of hydrogen-bond donors (Lipinski definition) is 0. The first-order valence-corrected chi connectivity index (χ1v) is 9.15. The second kappa shape index (κ2) is 7.43. The molecule has 5 atom stereocenters. The molecule has 21 heavy (non-hydrogen) atoms. The summed E-state index contributed by atoms with van der Waals surface area (Å²) in [5.74, 6) is 0.866. The van der Waals surface area contributed by atoms with Gasteiger partial charge in [-0.15, -0.1) is 0 Å². The van der Waals surface area contributed by atoms with Gasteiger partial charge in [-0.05, 0) is 12.3 Å². The third-order valence-corrected chi connectivity index (χ3v) is 5.01. The van der Waals surface area contributed by atoms with Gasteiger partial charge in [-0.1, -0.05) is 52.4 Å². The Hall–Kier alpha value is -0.120. The lowest BCUT2D eigenvalue weighted by Crippen LogP contribution is -2.03. The smallest absolute Gasteiger partial charge is 0.0868 e. The van der Waals surface area contributed by atoms with E-state index in [2.05, 4.69) is 13.8 Å². The molecule has 3 saturated heterocycles. The second-order valence-corrected chi connectivity index (χ2v) is 7.59. The Morgan fingerprint density at radius 2 is 1.43 bits per heavy atom. The Bertz CT molecular complexity index is 314. The fourth-order valence-electron chi connectivity index (χ4n) is 3.35. The maximum absolute atomic E-state index is 5.78. The molecule has 0 bridgehead atoms. The van der Waals surface area contributed by atoms with Crippen molar-refractivity contribution >= 4 is 0 Å². The van der Waals surface area contributed by atoms with E-state index in [1.807, 2.05) is 0 Å². The van der Waals surface area contributed by atoms with Gasteiger partial charge >= 0.3 is 0 Å². The molecule has 0 amide bonds. The molecule has 0 aromatic heterocycles. The Morgan fingerprint density at radius 1 is 0.810 bits per heavy atom. The SMILES string of the molecule is CC(C)CCCCCCCC1OC1CC1OC1CC1CO1. The molecule has 0 radical (unpaired) electrons. The Kier molecular flexibility index (Phi) is 5.58. The van der Waals surface area contributed by atoms with E-state index in [9.17, 15) is 0 Å². The van der Waals surface area contributed by atoms with Crippen molar-refractivity contribution in [1.82, 2.24) is 0 Å². The lowest BCUT2D eigenvalue weighted by atomic mass is 10.0. The summed E-state index contributed by atoms with van der Waals surface area (Å²) in [5, 5.41) is 0. The number of unbranched alkanes of at least 4 members (excludes halogenated alkanes) is 4. The van der Waals surface area contributed by atoms with Crippen LogP contribution in [0.5, 0.6) is 0 Å². The highest BCUT2D eigenvalue weighted by atomic mass is 16.6. The molecule has 0 saturated carbocycles. The molecular weight excluding hydrogens is 264 g/mol. The van der Waals surface area contributed by atoms with Gasteiger partial charge in [0.1, 0.15) is 0 Å². The van der Waals surface area contributed by atoms with Crippen LogP contribution in [0.3, 0.4) is 0 Å². The van der Waals surface area contributed by atoms with Gasteiger partial charge in [0.05, 0.1) is 37.1 Å². The summed E-state index contributed by atoms with van der Waals surface area (Å²) < 4.78 is 16.7. The normalized spacial score (nSPS) is 37.0. The van der Waals surface area contributed by atoms with E-state index in [-0.39, 0.29) is 0 Å². The zero-order valence-electron chi connectivity index (χ0n) is 13.8. The Morgan fingerprint density at radius 3 is 2.19 bits per heavy atom. The predicted molar refractivity (Wildman–Crippen MR) is 83.5 cm³/mol. The third-order valence-electron chi connectivity index (χ3n) is 5.01. The fraction of sp³-hybridized carbons (Fsp3) is 1.00. The average molecular weight is 296 g/mol. The molecule has 0 aromatic carbocycles. The highest BCUT2D eigenvalue weighted by Gasteiger charge is 2.49. The van der Waals surface area contributed by atoms with Crippen LogP contribution in [0.25, 0.3) is 0 Å². The minimum absolute atomic E-state index is 0.472. The van der Waals surface area contributed by atoms with Crippen molar-refractivity contribution < 1.29 is 14.2 Å². The van der Waals surface area contributed by atoms with Crippen LogP contribution in [-0.4, -0.2) is 37.1 Å². The summed E-state index contributed by atoms with van der Waals surface area (Å²) in [5.41, 5.74) is 0. The summed E-state index contributed by atoms with van der Waals surface area (Å²) in [4.78, 5) is 0. The van der Waals surface area contributed by atoms with Gasteiger partial charge < -0.3 is 14.2 Å². The molecule has 3 rings (SSSR count). The van der Waals surface area contributed by atoms with E-state index < -0.39 is 0 Å². The zero-order valence-corrected chi connectivity index (χ0v) is 13.8. The van der Waals surface area contributed by atoms with E-state index in [0.717, 1.165) is 25.4 Å². The molecule has 5 unspecified atom stereocenters. The van der Waals surface area contributed by atoms with Gasteiger partial charge in [0.25, 0.3) is 0 Å². The van der Waals surface area contributed by atoms with Crippen LogP contribution in [0.4, 0.5) is 0 Å². The van der Waals surface area contributed by atoms with E-state index in [0.29, 0.717) is 30.5 Å². The van der Waals surface area contributed by atoms with Crippen molar-refractivity contribution in [3.8, 4) is 0 Å². The molecule has 3 nitrogen and oxygen atoms in total. The minimum Gasteiger partial charge on any atom is -0.373 e. The molecule has 3 aliphatic heterocycles. The standard InChI is InChI=1S/C18H32O3/c1-13(2)8-6-4-3-5-7-9-15-17(20-15)11-18-16(21-18)10-14-12-19-14/h13-18H,3-12H2,1-2H3. The predicted octanol–water partition coefficient (Wildman–Crippen LogP) is 4.09. The summed E-state index contributed by atoms with van der Waals surface area (Å²) in [6.45, 7) is 5.58. The first-order chi connectivity index (χ1) is 10.2. The minimum atomic E-state index is 0.472. The molecule has 0 spiro atoms. The number of epoxide rings is 3. The van der Waals surface area contributed by atoms with E-state index in [1.165, 1.54) is 44.9 Å². The van der Waals surface area contributed by atoms with Crippen LogP contribution >= 0.6 is 0 Å². The number of ether oxygens (including phenoxy) is 3. The van der Waals surface area contributed by atoms with Crippen molar-refractivity contribution in [1.29, 1.82) is 0 Å². The summed E-state index contributed by atoms with van der Waals surface area (Å²) in [7, 11) is 0. The second-order valence-electron chi connectivity index (χ2n) is 7.59. The van der Waals surface area contributed by atoms with Gasteiger partial charge in [0.15, 0.2) is 0 Å². The van der Waals surface area contributed by atoms with Crippen LogP contribution in [0, 0.1) is 5.92 Å². The molecular formula is C18H32O3. The highest BCUT2D eigenvalue weighted by molar-refractivity contribution is 4.96. The van der Waals surface area contributed by atoms with Gasteiger partial charge in [-0.2, -0.15) is 0 Å². The molecule has 122 valence electrons. The Labute approximate surface area is 129 Å². The van der Waals surface area contributed by atoms with Crippen LogP contribution < -0.4 is 0 Å². The van der Waals surface area contributed by atoms with Crippen molar-refractivity contribution in [2.75, 3.05) is 6.61 Å². The van der Waals surface area contributed by atoms with Gasteiger partial charge in [-0.25, -0.2) is 0 Å². The summed E-state index contributed by atoms with van der Waals surface area (Å²) in [6, 6.07) is 0. The molecule has 3 aliphatic rings. The first-order valence-electron chi connectivity index (χ1n) is 9.15. The number of hydrogen-bond acceptors (Lipinski definition) is 3. The lowest BCUT2D eigenvalue weighted by molar-refractivity contribution is 0.311. The van der Waals surface area contributed by atoms with Crippen molar-refractivity contribution in [3.05, 3.63) is 0 Å². The molecule has 3 fully saturated rings.